The zero-order valence-corrected chi connectivity index (χ0v) is 22.8. The number of ether oxygens (including phenoxy) is 1. The molecule has 1 saturated carbocycles. The highest BCUT2D eigenvalue weighted by molar-refractivity contribution is 5.95. The number of rotatable bonds is 8. The number of carbonyl (C=O) groups is 1. The van der Waals surface area contributed by atoms with Crippen LogP contribution in [0.25, 0.3) is 22.4 Å². The summed E-state index contributed by atoms with van der Waals surface area (Å²) in [6.45, 7) is 4.52. The molecule has 5 rings (SSSR count). The lowest BCUT2D eigenvalue weighted by Crippen LogP contribution is -2.27. The lowest BCUT2D eigenvalue weighted by Gasteiger charge is -2.28. The quantitative estimate of drug-likeness (QED) is 0.271. The molecule has 0 bridgehead atoms. The lowest BCUT2D eigenvalue weighted by atomic mass is 9.78. The monoisotopic (exact) mass is 528 g/mol. The van der Waals surface area contributed by atoms with E-state index in [0.29, 0.717) is 46.5 Å². The minimum absolute atomic E-state index is 0.0214. The summed E-state index contributed by atoms with van der Waals surface area (Å²) >= 11 is 0. The van der Waals surface area contributed by atoms with Crippen molar-refractivity contribution in [3.8, 4) is 17.1 Å². The Morgan fingerprint density at radius 1 is 1.15 bits per heavy atom. The summed E-state index contributed by atoms with van der Waals surface area (Å²) in [7, 11) is 1.77. The first-order valence-corrected chi connectivity index (χ1v) is 13.8. The van der Waals surface area contributed by atoms with E-state index in [1.54, 1.807) is 17.8 Å². The fraction of sp³-hybridized carbons (Fsp3) is 0.400. The summed E-state index contributed by atoms with van der Waals surface area (Å²) in [6.07, 6.45) is 5.03. The van der Waals surface area contributed by atoms with Gasteiger partial charge in [-0.15, -0.1) is 0 Å². The topological polar surface area (TPSA) is 128 Å². The van der Waals surface area contributed by atoms with Gasteiger partial charge < -0.3 is 20.8 Å². The second kappa shape index (κ2) is 11.3. The number of nitrogens with two attached hydrogens (primary N) is 1. The van der Waals surface area contributed by atoms with Crippen LogP contribution in [0.2, 0.25) is 0 Å². The minimum Gasteiger partial charge on any atom is -0.493 e. The molecule has 1 aliphatic rings. The van der Waals surface area contributed by atoms with E-state index in [0.717, 1.165) is 55.3 Å². The van der Waals surface area contributed by atoms with Crippen molar-refractivity contribution in [2.75, 3.05) is 17.7 Å². The molecule has 2 aromatic heterocycles. The Bertz CT molecular complexity index is 1550. The van der Waals surface area contributed by atoms with E-state index in [-0.39, 0.29) is 17.4 Å². The number of carbonyl (C=O) groups excluding carboxylic acids is 1. The summed E-state index contributed by atoms with van der Waals surface area (Å²) in [5.74, 6) is 1.43. The molecule has 2 aromatic carbocycles. The molecule has 1 aliphatic carbocycles. The maximum atomic E-state index is 13.1. The van der Waals surface area contributed by atoms with Gasteiger partial charge in [0.25, 0.3) is 5.56 Å². The number of aromatic nitrogens is 4. The number of para-hydroxylation sites is 2. The largest absolute Gasteiger partial charge is 0.493 e. The number of fused-ring (bicyclic) bond motifs is 1. The molecule has 1 amide bonds. The number of anilines is 2. The van der Waals surface area contributed by atoms with Gasteiger partial charge >= 0.3 is 0 Å². The van der Waals surface area contributed by atoms with Gasteiger partial charge in [-0.1, -0.05) is 31.5 Å². The van der Waals surface area contributed by atoms with Crippen molar-refractivity contribution >= 4 is 28.3 Å². The van der Waals surface area contributed by atoms with Crippen molar-refractivity contribution in [3.63, 3.8) is 0 Å². The van der Waals surface area contributed by atoms with Gasteiger partial charge in [-0.3, -0.25) is 14.3 Å². The molecule has 2 heterocycles. The number of amides is 1. The van der Waals surface area contributed by atoms with E-state index in [1.165, 1.54) is 0 Å². The van der Waals surface area contributed by atoms with Gasteiger partial charge in [0.15, 0.2) is 5.52 Å². The van der Waals surface area contributed by atoms with Crippen LogP contribution in [0.1, 0.15) is 63.1 Å². The third kappa shape index (κ3) is 5.39. The van der Waals surface area contributed by atoms with E-state index in [2.05, 4.69) is 34.5 Å². The maximum absolute atomic E-state index is 13.1. The Kier molecular flexibility index (Phi) is 7.67. The molecule has 9 nitrogen and oxygen atoms in total. The molecule has 1 fully saturated rings. The second-order valence-corrected chi connectivity index (χ2v) is 10.2. The van der Waals surface area contributed by atoms with Gasteiger partial charge in [0.05, 0.1) is 29.2 Å². The Morgan fingerprint density at radius 3 is 2.64 bits per heavy atom. The number of nitrogen functional groups attached to an aromatic ring is 1. The molecular weight excluding hydrogens is 492 g/mol. The molecule has 0 saturated heterocycles. The Balaban J connectivity index is 1.40. The number of nitrogens with zero attached hydrogens (tertiary/aromatic N) is 3. The normalized spacial score (nSPS) is 17.3. The van der Waals surface area contributed by atoms with Gasteiger partial charge in [-0.2, -0.15) is 5.10 Å². The van der Waals surface area contributed by atoms with E-state index in [9.17, 15) is 9.59 Å². The number of aromatic amines is 1. The molecule has 0 unspecified atom stereocenters. The SMILES string of the molecule is CCCc1nn(C)c2c(=O)[nH]c(-c3cc(C4CCC(C(=O)Nc5ccccc5N)CC4)ccc3OCC)nc12. The summed E-state index contributed by atoms with van der Waals surface area (Å²) < 4.78 is 7.55. The fourth-order valence-electron chi connectivity index (χ4n) is 5.58. The van der Waals surface area contributed by atoms with Crippen molar-refractivity contribution in [3.05, 3.63) is 64.1 Å². The van der Waals surface area contributed by atoms with E-state index >= 15 is 0 Å². The number of hydrogen-bond donors (Lipinski definition) is 3. The van der Waals surface area contributed by atoms with Crippen LogP contribution in [0.15, 0.2) is 47.3 Å². The third-order valence-corrected chi connectivity index (χ3v) is 7.60. The van der Waals surface area contributed by atoms with Crippen molar-refractivity contribution in [2.24, 2.45) is 13.0 Å². The summed E-state index contributed by atoms with van der Waals surface area (Å²) in [4.78, 5) is 33.8. The Labute approximate surface area is 227 Å². The van der Waals surface area contributed by atoms with Crippen LogP contribution in [0.4, 0.5) is 11.4 Å². The molecule has 0 aliphatic heterocycles. The van der Waals surface area contributed by atoms with Gasteiger partial charge in [-0.25, -0.2) is 4.98 Å². The zero-order valence-electron chi connectivity index (χ0n) is 22.8. The Morgan fingerprint density at radius 2 is 1.92 bits per heavy atom. The van der Waals surface area contributed by atoms with Crippen LogP contribution in [-0.4, -0.2) is 32.3 Å². The molecule has 9 heteroatoms. The average Bonchev–Trinajstić information content (AvgIpc) is 3.26. The maximum Gasteiger partial charge on any atom is 0.277 e. The third-order valence-electron chi connectivity index (χ3n) is 7.60. The van der Waals surface area contributed by atoms with Gasteiger partial charge in [0.2, 0.25) is 5.91 Å². The predicted molar refractivity (Wildman–Crippen MR) is 154 cm³/mol. The number of benzene rings is 2. The van der Waals surface area contributed by atoms with Crippen molar-refractivity contribution < 1.29 is 9.53 Å². The molecule has 4 aromatic rings. The van der Waals surface area contributed by atoms with Crippen LogP contribution in [0, 0.1) is 5.92 Å². The van der Waals surface area contributed by atoms with E-state index in [4.69, 9.17) is 15.5 Å². The minimum atomic E-state index is -0.217. The molecular formula is C30H36N6O3. The van der Waals surface area contributed by atoms with Gasteiger partial charge in [0.1, 0.15) is 17.1 Å². The standard InChI is InChI=1S/C30H36N6O3/c1-4-8-24-26-27(36(3)35-24)30(38)34-28(33-26)21-17-20(15-16-25(21)39-5-2)18-11-13-19(14-12-18)29(37)32-23-10-7-6-9-22(23)31/h6-7,9-10,15-19H,4-5,8,11-14,31H2,1-3H3,(H,32,37)(H,33,34,38). The second-order valence-electron chi connectivity index (χ2n) is 10.2. The zero-order chi connectivity index (χ0) is 27.5. The summed E-state index contributed by atoms with van der Waals surface area (Å²) in [5.41, 5.74) is 10.9. The highest BCUT2D eigenvalue weighted by atomic mass is 16.5. The van der Waals surface area contributed by atoms with Crippen molar-refractivity contribution in [2.45, 2.75) is 58.3 Å². The van der Waals surface area contributed by atoms with E-state index in [1.807, 2.05) is 31.2 Å². The molecule has 204 valence electrons. The molecule has 39 heavy (non-hydrogen) atoms. The van der Waals surface area contributed by atoms with E-state index < -0.39 is 0 Å². The predicted octanol–water partition coefficient (Wildman–Crippen LogP) is 5.17. The first-order chi connectivity index (χ1) is 18.9. The number of hydrogen-bond acceptors (Lipinski definition) is 6. The van der Waals surface area contributed by atoms with Crippen LogP contribution < -0.4 is 21.3 Å². The first kappa shape index (κ1) is 26.5. The highest BCUT2D eigenvalue weighted by Crippen LogP contribution is 2.39. The van der Waals surface area contributed by atoms with Crippen LogP contribution in [-0.2, 0) is 18.3 Å². The van der Waals surface area contributed by atoms with Crippen LogP contribution in [0.3, 0.4) is 0 Å². The van der Waals surface area contributed by atoms with Gasteiger partial charge in [0, 0.05) is 13.0 Å². The summed E-state index contributed by atoms with van der Waals surface area (Å²) in [5, 5.41) is 7.53. The molecule has 0 atom stereocenters. The number of aryl methyl sites for hydroxylation is 2. The van der Waals surface area contributed by atoms with Crippen LogP contribution in [0.5, 0.6) is 5.75 Å². The van der Waals surface area contributed by atoms with Crippen molar-refractivity contribution in [1.29, 1.82) is 0 Å². The Hall–Kier alpha value is -4.14. The van der Waals surface area contributed by atoms with Gasteiger partial charge in [-0.05, 0) is 74.8 Å². The highest BCUT2D eigenvalue weighted by Gasteiger charge is 2.28. The smallest absolute Gasteiger partial charge is 0.277 e. The molecule has 4 N–H and O–H groups in total. The van der Waals surface area contributed by atoms with Crippen molar-refractivity contribution in [1.82, 2.24) is 19.7 Å². The average molecular weight is 529 g/mol. The number of nitrogens with one attached hydrogen (secondary N) is 2. The number of H-pyrrole nitrogens is 1. The first-order valence-electron chi connectivity index (χ1n) is 13.8. The fourth-order valence-corrected chi connectivity index (χ4v) is 5.58. The van der Waals surface area contributed by atoms with Crippen LogP contribution >= 0.6 is 0 Å². The molecule has 0 radical (unpaired) electrons. The lowest BCUT2D eigenvalue weighted by molar-refractivity contribution is -0.120. The summed E-state index contributed by atoms with van der Waals surface area (Å²) in [6, 6.07) is 13.5. The molecule has 0 spiro atoms.